The first kappa shape index (κ1) is 15.9. The molecule has 5 nitrogen and oxygen atoms in total. The number of nitrogens with zero attached hydrogens (tertiary/aromatic N) is 1. The molecule has 0 aromatic carbocycles. The summed E-state index contributed by atoms with van der Waals surface area (Å²) in [6, 6.07) is 2.45. The molecule has 1 heterocycles. The van der Waals surface area contributed by atoms with E-state index in [-0.39, 0.29) is 29.9 Å². The Hall–Kier alpha value is -2.12. The summed E-state index contributed by atoms with van der Waals surface area (Å²) < 4.78 is 35.7. The summed E-state index contributed by atoms with van der Waals surface area (Å²) in [5.74, 6) is -1.79. The van der Waals surface area contributed by atoms with Gasteiger partial charge in [0.05, 0.1) is 11.3 Å². The molecule has 0 fully saturated rings. The predicted molar refractivity (Wildman–Crippen MR) is 63.6 cm³/mol. The van der Waals surface area contributed by atoms with E-state index in [0.717, 1.165) is 0 Å². The van der Waals surface area contributed by atoms with Gasteiger partial charge in [0.25, 0.3) is 5.91 Å². The summed E-state index contributed by atoms with van der Waals surface area (Å²) >= 11 is 0. The minimum Gasteiger partial charge on any atom is -0.478 e. The van der Waals surface area contributed by atoms with E-state index >= 15 is 0 Å². The summed E-state index contributed by atoms with van der Waals surface area (Å²) in [5, 5.41) is 11.1. The number of aromatic nitrogens is 1. The molecule has 1 amide bonds. The second-order valence-corrected chi connectivity index (χ2v) is 4.11. The third-order valence-electron chi connectivity index (χ3n) is 2.47. The lowest BCUT2D eigenvalue weighted by Gasteiger charge is -2.08. The number of carboxylic acids is 1. The maximum atomic E-state index is 11.9. The van der Waals surface area contributed by atoms with Crippen LogP contribution in [-0.4, -0.2) is 34.7 Å². The van der Waals surface area contributed by atoms with Crippen LogP contribution in [0, 0.1) is 6.92 Å². The zero-order valence-electron chi connectivity index (χ0n) is 10.6. The van der Waals surface area contributed by atoms with Crippen LogP contribution in [0.4, 0.5) is 13.2 Å². The molecule has 20 heavy (non-hydrogen) atoms. The van der Waals surface area contributed by atoms with Gasteiger partial charge in [-0.3, -0.25) is 4.79 Å². The van der Waals surface area contributed by atoms with E-state index in [1.54, 1.807) is 0 Å². The number of aryl methyl sites for hydroxylation is 1. The molecule has 0 spiro atoms. The van der Waals surface area contributed by atoms with E-state index in [1.165, 1.54) is 19.1 Å². The number of carbonyl (C=O) groups is 2. The van der Waals surface area contributed by atoms with E-state index < -0.39 is 24.5 Å². The van der Waals surface area contributed by atoms with Crippen LogP contribution < -0.4 is 5.32 Å². The van der Waals surface area contributed by atoms with Gasteiger partial charge < -0.3 is 10.4 Å². The van der Waals surface area contributed by atoms with Crippen LogP contribution in [0.25, 0.3) is 0 Å². The van der Waals surface area contributed by atoms with Gasteiger partial charge in [-0.05, 0) is 25.5 Å². The van der Waals surface area contributed by atoms with E-state index in [1.807, 2.05) is 0 Å². The Bertz CT molecular complexity index is 515. The number of carbonyl (C=O) groups excluding carboxylic acids is 1. The molecule has 0 radical (unpaired) electrons. The molecule has 0 aliphatic heterocycles. The highest BCUT2D eigenvalue weighted by Gasteiger charge is 2.26. The monoisotopic (exact) mass is 290 g/mol. The topological polar surface area (TPSA) is 79.3 Å². The number of rotatable bonds is 5. The maximum Gasteiger partial charge on any atom is 0.389 e. The molecule has 2 N–H and O–H groups in total. The van der Waals surface area contributed by atoms with Crippen LogP contribution in [0.1, 0.15) is 39.4 Å². The number of amides is 1. The van der Waals surface area contributed by atoms with Gasteiger partial charge in [0.1, 0.15) is 5.69 Å². The zero-order valence-corrected chi connectivity index (χ0v) is 10.6. The molecule has 0 aliphatic rings. The Morgan fingerprint density at radius 2 is 2.00 bits per heavy atom. The standard InChI is InChI=1S/C12H13F3N2O3/c1-7-8(11(19)20)3-4-9(17-7)10(18)16-6-2-5-12(13,14)15/h3-4H,2,5-6H2,1H3,(H,16,18)(H,19,20). The van der Waals surface area contributed by atoms with Crippen LogP contribution in [0.15, 0.2) is 12.1 Å². The summed E-state index contributed by atoms with van der Waals surface area (Å²) in [4.78, 5) is 26.2. The zero-order chi connectivity index (χ0) is 15.3. The molecule has 0 aliphatic carbocycles. The van der Waals surface area contributed by atoms with Gasteiger partial charge in [0.15, 0.2) is 0 Å². The van der Waals surface area contributed by atoms with Gasteiger partial charge in [-0.15, -0.1) is 0 Å². The Kier molecular flexibility index (Phi) is 5.06. The largest absolute Gasteiger partial charge is 0.478 e. The third kappa shape index (κ3) is 4.87. The van der Waals surface area contributed by atoms with Crippen LogP contribution in [0.5, 0.6) is 0 Å². The molecule has 1 rings (SSSR count). The lowest BCUT2D eigenvalue weighted by atomic mass is 10.2. The fourth-order valence-corrected chi connectivity index (χ4v) is 1.49. The number of alkyl halides is 3. The smallest absolute Gasteiger partial charge is 0.389 e. The van der Waals surface area contributed by atoms with Crippen molar-refractivity contribution in [2.75, 3.05) is 6.54 Å². The van der Waals surface area contributed by atoms with Crippen LogP contribution >= 0.6 is 0 Å². The number of aromatic carboxylic acids is 1. The highest BCUT2D eigenvalue weighted by Crippen LogP contribution is 2.20. The van der Waals surface area contributed by atoms with E-state index in [9.17, 15) is 22.8 Å². The highest BCUT2D eigenvalue weighted by molar-refractivity contribution is 5.94. The first-order chi connectivity index (χ1) is 9.20. The number of pyridine rings is 1. The molecule has 0 unspecified atom stereocenters. The average Bonchev–Trinajstić information content (AvgIpc) is 2.32. The average molecular weight is 290 g/mol. The van der Waals surface area contributed by atoms with Crippen molar-refractivity contribution < 1.29 is 27.9 Å². The van der Waals surface area contributed by atoms with Gasteiger partial charge in [-0.2, -0.15) is 13.2 Å². The fraction of sp³-hybridized carbons (Fsp3) is 0.417. The van der Waals surface area contributed by atoms with Gasteiger partial charge in [0.2, 0.25) is 0 Å². The van der Waals surface area contributed by atoms with Crippen molar-refractivity contribution in [1.29, 1.82) is 0 Å². The van der Waals surface area contributed by atoms with Crippen molar-refractivity contribution in [3.05, 3.63) is 29.1 Å². The minimum absolute atomic E-state index is 0.0282. The van der Waals surface area contributed by atoms with Crippen molar-refractivity contribution in [2.24, 2.45) is 0 Å². The number of hydrogen-bond donors (Lipinski definition) is 2. The van der Waals surface area contributed by atoms with Gasteiger partial charge >= 0.3 is 12.1 Å². The van der Waals surface area contributed by atoms with Gasteiger partial charge in [0, 0.05) is 13.0 Å². The molecule has 1 aromatic heterocycles. The van der Waals surface area contributed by atoms with Crippen LogP contribution in [0.3, 0.4) is 0 Å². The molecular weight excluding hydrogens is 277 g/mol. The maximum absolute atomic E-state index is 11.9. The Labute approximate surface area is 112 Å². The molecule has 0 bridgehead atoms. The SMILES string of the molecule is Cc1nc(C(=O)NCCCC(F)(F)F)ccc1C(=O)O. The molecule has 0 atom stereocenters. The Morgan fingerprint density at radius 3 is 2.50 bits per heavy atom. The minimum atomic E-state index is -4.25. The number of hydrogen-bond acceptors (Lipinski definition) is 3. The molecule has 1 aromatic rings. The summed E-state index contributed by atoms with van der Waals surface area (Å²) in [7, 11) is 0. The van der Waals surface area contributed by atoms with Gasteiger partial charge in [-0.1, -0.05) is 0 Å². The first-order valence-corrected chi connectivity index (χ1v) is 5.76. The number of carboxylic acid groups (broad SMARTS) is 1. The molecular formula is C12H13F3N2O3. The summed E-state index contributed by atoms with van der Waals surface area (Å²) in [6.45, 7) is 1.31. The summed E-state index contributed by atoms with van der Waals surface area (Å²) in [5.41, 5.74) is 0.110. The first-order valence-electron chi connectivity index (χ1n) is 5.76. The van der Waals surface area contributed by atoms with E-state index in [2.05, 4.69) is 10.3 Å². The second-order valence-electron chi connectivity index (χ2n) is 4.11. The lowest BCUT2D eigenvalue weighted by Crippen LogP contribution is -2.26. The lowest BCUT2D eigenvalue weighted by molar-refractivity contribution is -0.135. The highest BCUT2D eigenvalue weighted by atomic mass is 19.4. The van der Waals surface area contributed by atoms with Crippen LogP contribution in [-0.2, 0) is 0 Å². The fourth-order valence-electron chi connectivity index (χ4n) is 1.49. The Balaban J connectivity index is 2.56. The van der Waals surface area contributed by atoms with Crippen molar-refractivity contribution in [3.8, 4) is 0 Å². The summed E-state index contributed by atoms with van der Waals surface area (Å²) in [6.07, 6.45) is -5.44. The number of nitrogens with one attached hydrogen (secondary N) is 1. The van der Waals surface area contributed by atoms with E-state index in [0.29, 0.717) is 0 Å². The third-order valence-corrected chi connectivity index (χ3v) is 2.47. The predicted octanol–water partition coefficient (Wildman–Crippen LogP) is 2.16. The van der Waals surface area contributed by atoms with Crippen LogP contribution in [0.2, 0.25) is 0 Å². The quantitative estimate of drug-likeness (QED) is 0.814. The van der Waals surface area contributed by atoms with Crippen molar-refractivity contribution >= 4 is 11.9 Å². The molecule has 0 saturated carbocycles. The molecule has 8 heteroatoms. The Morgan fingerprint density at radius 1 is 1.35 bits per heavy atom. The normalized spacial score (nSPS) is 11.2. The van der Waals surface area contributed by atoms with E-state index in [4.69, 9.17) is 5.11 Å². The van der Waals surface area contributed by atoms with Crippen molar-refractivity contribution in [2.45, 2.75) is 25.9 Å². The van der Waals surface area contributed by atoms with Crippen molar-refractivity contribution in [1.82, 2.24) is 10.3 Å². The van der Waals surface area contributed by atoms with Gasteiger partial charge in [-0.25, -0.2) is 9.78 Å². The number of halogens is 3. The second kappa shape index (κ2) is 6.36. The molecule has 110 valence electrons. The molecule has 0 saturated heterocycles. The van der Waals surface area contributed by atoms with Crippen molar-refractivity contribution in [3.63, 3.8) is 0 Å².